The van der Waals surface area contributed by atoms with Gasteiger partial charge in [-0.05, 0) is 36.8 Å². The first-order valence-electron chi connectivity index (χ1n) is 12.0. The van der Waals surface area contributed by atoms with E-state index in [4.69, 9.17) is 5.73 Å². The number of aliphatic hydroxyl groups is 1. The predicted octanol–water partition coefficient (Wildman–Crippen LogP) is 2.06. The van der Waals surface area contributed by atoms with Crippen LogP contribution in [0.15, 0.2) is 24.3 Å². The monoisotopic (exact) mass is 529 g/mol. The number of likely N-dealkylation sites (tertiary alicyclic amines) is 1. The molecule has 1 heterocycles. The fourth-order valence-corrected chi connectivity index (χ4v) is 4.26. The summed E-state index contributed by atoms with van der Waals surface area (Å²) in [5.74, 6) is -3.56. The van der Waals surface area contributed by atoms with Crippen molar-refractivity contribution in [2.24, 2.45) is 17.6 Å². The van der Waals surface area contributed by atoms with E-state index in [0.717, 1.165) is 0 Å². The summed E-state index contributed by atoms with van der Waals surface area (Å²) in [6, 6.07) is 2.08. The summed E-state index contributed by atoms with van der Waals surface area (Å²) in [6.45, 7) is 4.68. The molecule has 1 aromatic carbocycles. The molecule has 37 heavy (non-hydrogen) atoms. The molecule has 1 fully saturated rings. The lowest BCUT2D eigenvalue weighted by atomic mass is 9.92. The minimum absolute atomic E-state index is 0.0810. The first kappa shape index (κ1) is 30.2. The third kappa shape index (κ3) is 7.51. The average molecular weight is 530 g/mol. The summed E-state index contributed by atoms with van der Waals surface area (Å²) >= 11 is 0. The Kier molecular flexibility index (Phi) is 10.2. The number of nitrogens with two attached hydrogens (primary N) is 1. The molecule has 0 radical (unpaired) electrons. The molecule has 206 valence electrons. The highest BCUT2D eigenvalue weighted by Gasteiger charge is 2.46. The second kappa shape index (κ2) is 12.5. The van der Waals surface area contributed by atoms with Crippen molar-refractivity contribution in [2.45, 2.75) is 70.4 Å². The van der Waals surface area contributed by atoms with E-state index in [1.165, 1.54) is 50.1 Å². The van der Waals surface area contributed by atoms with Gasteiger partial charge in [-0.3, -0.25) is 14.4 Å². The second-order valence-corrected chi connectivity index (χ2v) is 9.65. The van der Waals surface area contributed by atoms with Gasteiger partial charge in [-0.15, -0.1) is 0 Å². The van der Waals surface area contributed by atoms with Gasteiger partial charge in [0.05, 0.1) is 24.8 Å². The van der Waals surface area contributed by atoms with Crippen molar-refractivity contribution in [3.05, 3.63) is 35.4 Å². The number of methoxy groups -OCH3 is 1. The number of carbonyl (C=O) groups excluding carboxylic acids is 4. The molecule has 1 aliphatic heterocycles. The lowest BCUT2D eigenvalue weighted by Gasteiger charge is -2.33. The van der Waals surface area contributed by atoms with Crippen LogP contribution in [0.2, 0.25) is 0 Å². The first-order chi connectivity index (χ1) is 17.2. The number of ketones is 1. The van der Waals surface area contributed by atoms with Gasteiger partial charge < -0.3 is 25.8 Å². The lowest BCUT2D eigenvalue weighted by Crippen LogP contribution is -2.58. The molecule has 3 unspecified atom stereocenters. The van der Waals surface area contributed by atoms with Gasteiger partial charge in [0.25, 0.3) is 0 Å². The molecule has 2 amide bonds. The van der Waals surface area contributed by atoms with Crippen LogP contribution in [-0.4, -0.2) is 77.6 Å². The number of rotatable bonds is 10. The Hall–Kier alpha value is -2.99. The van der Waals surface area contributed by atoms with Crippen molar-refractivity contribution in [3.63, 3.8) is 0 Å². The summed E-state index contributed by atoms with van der Waals surface area (Å²) in [5, 5.41) is 11.9. The quantitative estimate of drug-likeness (QED) is 0.311. The van der Waals surface area contributed by atoms with Crippen molar-refractivity contribution >= 4 is 23.6 Å². The Labute approximate surface area is 213 Å². The van der Waals surface area contributed by atoms with Gasteiger partial charge in [0.2, 0.25) is 11.8 Å². The fourth-order valence-electron chi connectivity index (χ4n) is 4.26. The van der Waals surface area contributed by atoms with E-state index in [1.807, 2.05) is 0 Å². The predicted molar refractivity (Wildman–Crippen MR) is 127 cm³/mol. The number of nitrogens with zero attached hydrogens (tertiary/aromatic N) is 1. The SMILES string of the molecule is COC(=O)c1ccc(C(=O)CC(C)[C@H](N)C(=O)N2CCC[C@H]2C(=O)NC(C(C)C)C(O)C(F)(F)F)cc1. The van der Waals surface area contributed by atoms with E-state index in [-0.39, 0.29) is 30.7 Å². The molecule has 5 atom stereocenters. The van der Waals surface area contributed by atoms with Crippen molar-refractivity contribution in [1.82, 2.24) is 10.2 Å². The van der Waals surface area contributed by atoms with Gasteiger partial charge in [0.1, 0.15) is 6.04 Å². The number of amides is 2. The number of benzene rings is 1. The summed E-state index contributed by atoms with van der Waals surface area (Å²) < 4.78 is 43.8. The third-order valence-electron chi connectivity index (χ3n) is 6.57. The van der Waals surface area contributed by atoms with Gasteiger partial charge in [-0.1, -0.05) is 32.9 Å². The van der Waals surface area contributed by atoms with Gasteiger partial charge in [-0.25, -0.2) is 4.79 Å². The zero-order valence-electron chi connectivity index (χ0n) is 21.2. The highest BCUT2D eigenvalue weighted by atomic mass is 19.4. The van der Waals surface area contributed by atoms with Crippen molar-refractivity contribution in [2.75, 3.05) is 13.7 Å². The number of aliphatic hydroxyl groups excluding tert-OH is 1. The van der Waals surface area contributed by atoms with Gasteiger partial charge in [0.15, 0.2) is 11.9 Å². The molecule has 0 aromatic heterocycles. The number of alkyl halides is 3. The van der Waals surface area contributed by atoms with Gasteiger partial charge in [-0.2, -0.15) is 13.2 Å². The van der Waals surface area contributed by atoms with Crippen LogP contribution in [0.25, 0.3) is 0 Å². The Bertz CT molecular complexity index is 983. The molecular weight excluding hydrogens is 495 g/mol. The maximum absolute atomic E-state index is 13.1. The van der Waals surface area contributed by atoms with E-state index in [1.54, 1.807) is 6.92 Å². The highest BCUT2D eigenvalue weighted by molar-refractivity contribution is 5.98. The first-order valence-corrected chi connectivity index (χ1v) is 12.0. The molecule has 0 spiro atoms. The zero-order chi connectivity index (χ0) is 28.1. The van der Waals surface area contributed by atoms with Crippen LogP contribution >= 0.6 is 0 Å². The molecule has 0 bridgehead atoms. The van der Waals surface area contributed by atoms with Crippen LogP contribution in [0.1, 0.15) is 60.7 Å². The molecule has 1 aliphatic rings. The molecular formula is C25H34F3N3O6. The molecule has 0 aliphatic carbocycles. The largest absolute Gasteiger partial charge is 0.465 e. The van der Waals surface area contributed by atoms with Crippen molar-refractivity contribution < 1.29 is 42.2 Å². The Morgan fingerprint density at radius 2 is 1.70 bits per heavy atom. The molecule has 4 N–H and O–H groups in total. The number of hydrogen-bond donors (Lipinski definition) is 3. The topological polar surface area (TPSA) is 139 Å². The number of carbonyl (C=O) groups is 4. The minimum Gasteiger partial charge on any atom is -0.465 e. The lowest BCUT2D eigenvalue weighted by molar-refractivity contribution is -0.215. The van der Waals surface area contributed by atoms with Gasteiger partial charge >= 0.3 is 12.1 Å². The van der Waals surface area contributed by atoms with Crippen molar-refractivity contribution in [1.29, 1.82) is 0 Å². The summed E-state index contributed by atoms with van der Waals surface area (Å²) in [5.41, 5.74) is 6.74. The van der Waals surface area contributed by atoms with Crippen molar-refractivity contribution in [3.8, 4) is 0 Å². The highest BCUT2D eigenvalue weighted by Crippen LogP contribution is 2.27. The van der Waals surface area contributed by atoms with Crippen LogP contribution in [0.3, 0.4) is 0 Å². The summed E-state index contributed by atoms with van der Waals surface area (Å²) in [4.78, 5) is 51.4. The molecule has 12 heteroatoms. The smallest absolute Gasteiger partial charge is 0.416 e. The van der Waals surface area contributed by atoms with Crippen LogP contribution in [0.4, 0.5) is 13.2 Å². The number of ether oxygens (including phenoxy) is 1. The molecule has 1 saturated heterocycles. The molecule has 1 aromatic rings. The van der Waals surface area contributed by atoms with Crippen LogP contribution in [0.5, 0.6) is 0 Å². The number of Topliss-reactive ketones (excluding diaryl/α,β-unsaturated/α-hetero) is 1. The van der Waals surface area contributed by atoms with Gasteiger partial charge in [0, 0.05) is 18.5 Å². The van der Waals surface area contributed by atoms with E-state index < -0.39 is 60.0 Å². The maximum Gasteiger partial charge on any atom is 0.416 e. The standard InChI is InChI=1S/C25H34F3N3O6/c1-13(2)20(21(33)25(26,27)28)30-22(34)17-6-5-11-31(17)23(35)19(29)14(3)12-18(32)15-7-9-16(10-8-15)24(36)37-4/h7-10,13-14,17,19-21,33H,5-6,11-12,29H2,1-4H3,(H,30,34)/t14?,17-,19-,20?,21?/m0/s1. The Morgan fingerprint density at radius 1 is 1.14 bits per heavy atom. The normalized spacial score (nSPS) is 19.2. The Morgan fingerprint density at radius 3 is 2.22 bits per heavy atom. The van der Waals surface area contributed by atoms with E-state index in [9.17, 15) is 37.5 Å². The van der Waals surface area contributed by atoms with Crippen LogP contribution in [0, 0.1) is 11.8 Å². The number of hydrogen-bond acceptors (Lipinski definition) is 7. The Balaban J connectivity index is 2.05. The number of nitrogens with one attached hydrogen (secondary N) is 1. The van der Waals surface area contributed by atoms with Crippen LogP contribution < -0.4 is 11.1 Å². The molecule has 2 rings (SSSR count). The summed E-state index contributed by atoms with van der Waals surface area (Å²) in [7, 11) is 1.24. The van der Waals surface area contributed by atoms with Crippen LogP contribution in [-0.2, 0) is 14.3 Å². The molecule has 9 nitrogen and oxygen atoms in total. The fraction of sp³-hybridized carbons (Fsp3) is 0.600. The number of esters is 1. The second-order valence-electron chi connectivity index (χ2n) is 9.65. The summed E-state index contributed by atoms with van der Waals surface area (Å²) in [6.07, 6.45) is -7.07. The minimum atomic E-state index is -4.92. The van der Waals surface area contributed by atoms with E-state index in [0.29, 0.717) is 12.0 Å². The van der Waals surface area contributed by atoms with E-state index >= 15 is 0 Å². The zero-order valence-corrected chi connectivity index (χ0v) is 21.2. The third-order valence-corrected chi connectivity index (χ3v) is 6.57. The number of halogens is 3. The maximum atomic E-state index is 13.1. The van der Waals surface area contributed by atoms with E-state index in [2.05, 4.69) is 10.1 Å². The average Bonchev–Trinajstić information content (AvgIpc) is 3.34. The molecule has 0 saturated carbocycles.